The highest BCUT2D eigenvalue weighted by molar-refractivity contribution is 7.99. The number of rotatable bonds is 10. The fraction of sp³-hybridized carbons (Fsp3) is 0.458. The van der Waals surface area contributed by atoms with Crippen molar-refractivity contribution in [1.29, 1.82) is 0 Å². The lowest BCUT2D eigenvalue weighted by molar-refractivity contribution is -0.118. The molecular formula is C24H29N3O4S2. The van der Waals surface area contributed by atoms with E-state index in [0.717, 1.165) is 46.5 Å². The van der Waals surface area contributed by atoms with Gasteiger partial charge in [-0.3, -0.25) is 9.59 Å². The van der Waals surface area contributed by atoms with Gasteiger partial charge in [-0.25, -0.2) is 4.98 Å². The van der Waals surface area contributed by atoms with Crippen molar-refractivity contribution < 1.29 is 14.3 Å². The molecule has 1 aliphatic carbocycles. The second-order valence-electron chi connectivity index (χ2n) is 7.80. The van der Waals surface area contributed by atoms with Crippen molar-refractivity contribution in [3.63, 3.8) is 0 Å². The van der Waals surface area contributed by atoms with E-state index >= 15 is 0 Å². The summed E-state index contributed by atoms with van der Waals surface area (Å²) in [5.41, 5.74) is 2.14. The van der Waals surface area contributed by atoms with Crippen molar-refractivity contribution in [2.75, 3.05) is 25.5 Å². The van der Waals surface area contributed by atoms with E-state index in [1.54, 1.807) is 11.3 Å². The number of ether oxygens (including phenoxy) is 2. The molecule has 2 N–H and O–H groups in total. The quantitative estimate of drug-likeness (QED) is 0.330. The first-order valence-corrected chi connectivity index (χ1v) is 13.2. The summed E-state index contributed by atoms with van der Waals surface area (Å²) in [7, 11) is 0. The smallest absolute Gasteiger partial charge is 0.260 e. The summed E-state index contributed by atoms with van der Waals surface area (Å²) in [5, 5.41) is 4.17. The number of carbonyl (C=O) groups excluding carboxylic acids is 1. The first-order valence-electron chi connectivity index (χ1n) is 11.4. The Labute approximate surface area is 201 Å². The van der Waals surface area contributed by atoms with E-state index in [2.05, 4.69) is 15.3 Å². The maximum Gasteiger partial charge on any atom is 0.260 e. The number of H-pyrrole nitrogens is 1. The molecule has 1 aliphatic rings. The third-order valence-electron chi connectivity index (χ3n) is 5.49. The maximum absolute atomic E-state index is 12.6. The molecule has 0 bridgehead atoms. The van der Waals surface area contributed by atoms with Crippen LogP contribution in [0.3, 0.4) is 0 Å². The number of fused-ring (bicyclic) bond motifs is 3. The van der Waals surface area contributed by atoms with Gasteiger partial charge in [-0.2, -0.15) is 0 Å². The van der Waals surface area contributed by atoms with Crippen LogP contribution in [0.4, 0.5) is 0 Å². The van der Waals surface area contributed by atoms with Gasteiger partial charge in [-0.05, 0) is 69.2 Å². The fourth-order valence-electron chi connectivity index (χ4n) is 3.99. The van der Waals surface area contributed by atoms with Gasteiger partial charge in [-0.1, -0.05) is 17.8 Å². The molecule has 1 amide bonds. The molecule has 0 saturated heterocycles. The lowest BCUT2D eigenvalue weighted by atomic mass is 9.97. The van der Waals surface area contributed by atoms with E-state index in [1.165, 1.54) is 28.6 Å². The fourth-order valence-corrected chi connectivity index (χ4v) is 6.01. The number of aryl methyl sites for hydroxylation is 2. The second-order valence-corrected chi connectivity index (χ2v) is 9.85. The van der Waals surface area contributed by atoms with Crippen molar-refractivity contribution >= 4 is 39.2 Å². The zero-order chi connectivity index (χ0) is 23.2. The van der Waals surface area contributed by atoms with Crippen LogP contribution >= 0.6 is 23.1 Å². The first kappa shape index (κ1) is 23.6. The van der Waals surface area contributed by atoms with Gasteiger partial charge in [-0.15, -0.1) is 11.3 Å². The van der Waals surface area contributed by atoms with E-state index in [1.807, 2.05) is 32.0 Å². The molecule has 2 heterocycles. The zero-order valence-corrected chi connectivity index (χ0v) is 20.6. The van der Waals surface area contributed by atoms with Crippen molar-refractivity contribution in [2.45, 2.75) is 51.1 Å². The monoisotopic (exact) mass is 487 g/mol. The van der Waals surface area contributed by atoms with Crippen LogP contribution in [0.15, 0.2) is 28.2 Å². The van der Waals surface area contributed by atoms with Crippen LogP contribution in [0.5, 0.6) is 11.5 Å². The molecule has 176 valence electrons. The summed E-state index contributed by atoms with van der Waals surface area (Å²) < 4.78 is 11.3. The van der Waals surface area contributed by atoms with Crippen LogP contribution in [-0.2, 0) is 24.1 Å². The zero-order valence-electron chi connectivity index (χ0n) is 19.0. The lowest BCUT2D eigenvalue weighted by Gasteiger charge is -2.12. The Morgan fingerprint density at radius 3 is 2.79 bits per heavy atom. The minimum absolute atomic E-state index is 0.0933. The van der Waals surface area contributed by atoms with Crippen LogP contribution in [-0.4, -0.2) is 41.4 Å². The van der Waals surface area contributed by atoms with E-state index in [9.17, 15) is 9.59 Å². The van der Waals surface area contributed by atoms with E-state index in [-0.39, 0.29) is 17.2 Å². The highest BCUT2D eigenvalue weighted by atomic mass is 32.2. The number of carbonyl (C=O) groups is 1. The Hall–Kier alpha value is -2.52. The molecule has 4 rings (SSSR count). The van der Waals surface area contributed by atoms with Gasteiger partial charge in [0.15, 0.2) is 16.7 Å². The predicted molar refractivity (Wildman–Crippen MR) is 133 cm³/mol. The Kier molecular flexibility index (Phi) is 7.93. The average molecular weight is 488 g/mol. The van der Waals surface area contributed by atoms with E-state index in [4.69, 9.17) is 9.47 Å². The molecule has 0 saturated carbocycles. The van der Waals surface area contributed by atoms with E-state index in [0.29, 0.717) is 31.3 Å². The minimum atomic E-state index is -0.0945. The predicted octanol–water partition coefficient (Wildman–Crippen LogP) is 4.11. The molecule has 0 unspecified atom stereocenters. The van der Waals surface area contributed by atoms with Crippen LogP contribution in [0, 0.1) is 0 Å². The first-order chi connectivity index (χ1) is 16.1. The third kappa shape index (κ3) is 5.70. The Bertz CT molecular complexity index is 1190. The van der Waals surface area contributed by atoms with Crippen LogP contribution < -0.4 is 20.3 Å². The van der Waals surface area contributed by atoms with Crippen molar-refractivity contribution in [3.8, 4) is 11.5 Å². The Balaban J connectivity index is 1.30. The Morgan fingerprint density at radius 2 is 1.97 bits per heavy atom. The van der Waals surface area contributed by atoms with Gasteiger partial charge in [0.25, 0.3) is 5.56 Å². The number of hydrogen-bond donors (Lipinski definition) is 2. The summed E-state index contributed by atoms with van der Waals surface area (Å²) in [6, 6.07) is 5.85. The Morgan fingerprint density at radius 1 is 1.18 bits per heavy atom. The summed E-state index contributed by atoms with van der Waals surface area (Å²) in [5.74, 6) is 1.56. The summed E-state index contributed by atoms with van der Waals surface area (Å²) >= 11 is 2.88. The van der Waals surface area contributed by atoms with Gasteiger partial charge in [0, 0.05) is 11.4 Å². The molecule has 0 radical (unpaired) electrons. The highest BCUT2D eigenvalue weighted by Gasteiger charge is 2.20. The van der Waals surface area contributed by atoms with Crippen molar-refractivity contribution in [2.24, 2.45) is 0 Å². The largest absolute Gasteiger partial charge is 0.490 e. The molecule has 3 aromatic rings. The average Bonchev–Trinajstić information content (AvgIpc) is 3.18. The van der Waals surface area contributed by atoms with Crippen LogP contribution in [0.25, 0.3) is 10.2 Å². The molecule has 2 aromatic heterocycles. The minimum Gasteiger partial charge on any atom is -0.490 e. The number of hydrogen-bond acceptors (Lipinski definition) is 7. The number of nitrogens with zero attached hydrogens (tertiary/aromatic N) is 1. The number of amides is 1. The molecule has 9 heteroatoms. The number of thioether (sulfide) groups is 1. The molecule has 0 spiro atoms. The molecular weight excluding hydrogens is 458 g/mol. The summed E-state index contributed by atoms with van der Waals surface area (Å²) in [6.07, 6.45) is 4.96. The molecule has 33 heavy (non-hydrogen) atoms. The molecule has 0 aliphatic heterocycles. The normalized spacial score (nSPS) is 13.0. The summed E-state index contributed by atoms with van der Waals surface area (Å²) in [6.45, 7) is 5.53. The highest BCUT2D eigenvalue weighted by Crippen LogP contribution is 2.34. The topological polar surface area (TPSA) is 93.3 Å². The number of nitrogens with one attached hydrogen (secondary N) is 2. The van der Waals surface area contributed by atoms with Crippen molar-refractivity contribution in [3.05, 3.63) is 44.6 Å². The van der Waals surface area contributed by atoms with Gasteiger partial charge in [0.1, 0.15) is 4.83 Å². The third-order valence-corrected chi connectivity index (χ3v) is 7.55. The van der Waals surface area contributed by atoms with Crippen LogP contribution in [0.1, 0.15) is 42.7 Å². The lowest BCUT2D eigenvalue weighted by Crippen LogP contribution is -2.27. The van der Waals surface area contributed by atoms with Gasteiger partial charge < -0.3 is 19.8 Å². The van der Waals surface area contributed by atoms with Crippen LogP contribution in [0.2, 0.25) is 0 Å². The second kappa shape index (κ2) is 11.1. The number of thiophene rings is 1. The molecule has 0 atom stereocenters. The number of aromatic amines is 1. The van der Waals surface area contributed by atoms with Gasteiger partial charge in [0.2, 0.25) is 5.91 Å². The number of aromatic nitrogens is 2. The summed E-state index contributed by atoms with van der Waals surface area (Å²) in [4.78, 5) is 34.5. The number of benzene rings is 1. The molecule has 7 nitrogen and oxygen atoms in total. The standard InChI is InChI=1S/C24H29N3O4S2/c1-3-30-17-10-9-15(13-18(17)31-4-2)11-12-25-20(28)14-32-24-26-22(29)21-16-7-5-6-8-19(16)33-23(21)27-24/h9-10,13H,3-8,11-12,14H2,1-2H3,(H,25,28)(H,26,27,29). The molecule has 1 aromatic carbocycles. The van der Waals surface area contributed by atoms with E-state index < -0.39 is 0 Å². The SMILES string of the molecule is CCOc1ccc(CCNC(=O)CSc2nc3sc4c(c3c(=O)[nH]2)CCCC4)cc1OCC. The van der Waals surface area contributed by atoms with Gasteiger partial charge in [0.05, 0.1) is 24.4 Å². The van der Waals surface area contributed by atoms with Crippen molar-refractivity contribution in [1.82, 2.24) is 15.3 Å². The molecule has 0 fully saturated rings. The van der Waals surface area contributed by atoms with Gasteiger partial charge >= 0.3 is 0 Å². The maximum atomic E-state index is 12.6.